The number of hydrogen-bond acceptors (Lipinski definition) is 3. The first kappa shape index (κ1) is 15.9. The summed E-state index contributed by atoms with van der Waals surface area (Å²) in [6.45, 7) is 5.19. The number of nitrogens with zero attached hydrogens (tertiary/aromatic N) is 1. The molecule has 3 rings (SSSR count). The molecule has 1 aliphatic heterocycles. The minimum absolute atomic E-state index is 0.125. The molecule has 6 heteroatoms. The third-order valence-corrected chi connectivity index (χ3v) is 4.68. The fourth-order valence-electron chi connectivity index (χ4n) is 3.29. The molecule has 1 saturated heterocycles. The number of aryl methyl sites for hydroxylation is 2. The normalized spacial score (nSPS) is 17.0. The number of likely N-dealkylation sites (tertiary alicyclic amines) is 1. The topological polar surface area (TPSA) is 91.2 Å². The Morgan fingerprint density at radius 2 is 2.17 bits per heavy atom. The Kier molecular flexibility index (Phi) is 3.94. The number of terminal acetylenes is 1. The van der Waals surface area contributed by atoms with E-state index in [0.29, 0.717) is 18.7 Å². The molecule has 124 valence electrons. The van der Waals surface area contributed by atoms with Crippen molar-refractivity contribution in [3.63, 3.8) is 0 Å². The largest absolute Gasteiger partial charge is 0.380 e. The van der Waals surface area contributed by atoms with Crippen LogP contribution in [0.5, 0.6) is 0 Å². The quantitative estimate of drug-likeness (QED) is 0.748. The Balaban J connectivity index is 1.94. The van der Waals surface area contributed by atoms with Gasteiger partial charge in [-0.1, -0.05) is 0 Å². The third-order valence-electron chi connectivity index (χ3n) is 4.68. The summed E-state index contributed by atoms with van der Waals surface area (Å²) in [4.78, 5) is 28.2. The Morgan fingerprint density at radius 3 is 2.83 bits per heavy atom. The zero-order valence-corrected chi connectivity index (χ0v) is 13.8. The summed E-state index contributed by atoms with van der Waals surface area (Å²) in [5.41, 5.74) is 9.70. The molecule has 0 radical (unpaired) electrons. The molecule has 1 atom stereocenters. The summed E-state index contributed by atoms with van der Waals surface area (Å²) in [5, 5.41) is 4.44. The van der Waals surface area contributed by atoms with Gasteiger partial charge in [0.15, 0.2) is 0 Å². The van der Waals surface area contributed by atoms with Gasteiger partial charge >= 0.3 is 0 Å². The van der Waals surface area contributed by atoms with Gasteiger partial charge in [0.1, 0.15) is 0 Å². The zero-order chi connectivity index (χ0) is 17.4. The number of H-pyrrole nitrogens is 1. The van der Waals surface area contributed by atoms with Crippen molar-refractivity contribution in [2.75, 3.05) is 18.4 Å². The molecule has 0 saturated carbocycles. The van der Waals surface area contributed by atoms with Gasteiger partial charge in [-0.15, -0.1) is 6.42 Å². The van der Waals surface area contributed by atoms with Gasteiger partial charge in [-0.05, 0) is 43.9 Å². The molecular formula is C18H20N4O2. The summed E-state index contributed by atoms with van der Waals surface area (Å²) < 4.78 is 0. The zero-order valence-electron chi connectivity index (χ0n) is 13.8. The predicted octanol–water partition coefficient (Wildman–Crippen LogP) is 1.53. The molecule has 2 heterocycles. The Hall–Kier alpha value is -2.94. The van der Waals surface area contributed by atoms with E-state index in [1.807, 2.05) is 19.9 Å². The second-order valence-electron chi connectivity index (χ2n) is 6.18. The number of amides is 2. The second kappa shape index (κ2) is 5.93. The van der Waals surface area contributed by atoms with E-state index < -0.39 is 5.91 Å². The highest BCUT2D eigenvalue weighted by molar-refractivity contribution is 6.09. The van der Waals surface area contributed by atoms with Crippen LogP contribution in [0.2, 0.25) is 0 Å². The number of aromatic nitrogens is 1. The number of hydrogen-bond donors (Lipinski definition) is 3. The lowest BCUT2D eigenvalue weighted by Gasteiger charge is -2.17. The summed E-state index contributed by atoms with van der Waals surface area (Å²) in [5.74, 6) is 1.42. The maximum absolute atomic E-state index is 11.7. The minimum Gasteiger partial charge on any atom is -0.380 e. The number of rotatable bonds is 3. The molecule has 0 bridgehead atoms. The number of benzene rings is 1. The number of primary amides is 1. The first-order valence-electron chi connectivity index (χ1n) is 7.86. The van der Waals surface area contributed by atoms with Crippen molar-refractivity contribution in [2.45, 2.75) is 26.3 Å². The van der Waals surface area contributed by atoms with Crippen molar-refractivity contribution >= 4 is 28.4 Å². The molecule has 1 aliphatic rings. The number of fused-ring (bicyclic) bond motifs is 1. The number of nitrogens with one attached hydrogen (secondary N) is 2. The third kappa shape index (κ3) is 2.58. The minimum atomic E-state index is -0.459. The van der Waals surface area contributed by atoms with Crippen LogP contribution < -0.4 is 11.1 Å². The first-order valence-corrected chi connectivity index (χ1v) is 7.86. The molecular weight excluding hydrogens is 304 g/mol. The summed E-state index contributed by atoms with van der Waals surface area (Å²) in [6, 6.07) is 3.72. The van der Waals surface area contributed by atoms with Gasteiger partial charge in [0, 0.05) is 35.9 Å². The lowest BCUT2D eigenvalue weighted by molar-refractivity contribution is -0.124. The molecule has 0 aliphatic carbocycles. The Morgan fingerprint density at radius 1 is 1.42 bits per heavy atom. The molecule has 2 aromatic rings. The van der Waals surface area contributed by atoms with Crippen LogP contribution in [0.4, 0.5) is 5.69 Å². The van der Waals surface area contributed by atoms with Crippen molar-refractivity contribution in [1.29, 1.82) is 0 Å². The van der Waals surface area contributed by atoms with Gasteiger partial charge in [-0.2, -0.15) is 0 Å². The Labute approximate surface area is 140 Å². The lowest BCUT2D eigenvalue weighted by Crippen LogP contribution is -2.30. The van der Waals surface area contributed by atoms with E-state index in [1.165, 1.54) is 0 Å². The fraction of sp³-hybridized carbons (Fsp3) is 0.333. The van der Waals surface area contributed by atoms with E-state index in [4.69, 9.17) is 12.2 Å². The first-order chi connectivity index (χ1) is 11.4. The second-order valence-corrected chi connectivity index (χ2v) is 6.18. The molecule has 2 amide bonds. The highest BCUT2D eigenvalue weighted by atomic mass is 16.2. The highest BCUT2D eigenvalue weighted by Gasteiger charge is 2.26. The van der Waals surface area contributed by atoms with Crippen molar-refractivity contribution < 1.29 is 9.59 Å². The number of aromatic amines is 1. The standard InChI is InChI=1S/C18H20N4O2/c1-4-15(23)22-8-7-12(9-22)21-14-6-5-13(18(19)24)17-16(14)10(2)11(3)20-17/h1,5-6,12,20-21H,7-9H2,2-3H3,(H2,19,24)/t12-/m1/s1. The number of carbonyl (C=O) groups is 2. The van der Waals surface area contributed by atoms with Crippen LogP contribution in [0.25, 0.3) is 10.9 Å². The van der Waals surface area contributed by atoms with Crippen LogP contribution in [0.15, 0.2) is 12.1 Å². The van der Waals surface area contributed by atoms with Crippen LogP contribution in [-0.2, 0) is 4.79 Å². The molecule has 0 spiro atoms. The van der Waals surface area contributed by atoms with Gasteiger partial charge in [-0.25, -0.2) is 0 Å². The van der Waals surface area contributed by atoms with Crippen LogP contribution in [0.3, 0.4) is 0 Å². The number of anilines is 1. The number of carbonyl (C=O) groups excluding carboxylic acids is 2. The van der Waals surface area contributed by atoms with E-state index in [0.717, 1.165) is 34.3 Å². The molecule has 6 nitrogen and oxygen atoms in total. The summed E-state index contributed by atoms with van der Waals surface area (Å²) >= 11 is 0. The van der Waals surface area contributed by atoms with Gasteiger partial charge in [-0.3, -0.25) is 9.59 Å². The van der Waals surface area contributed by atoms with E-state index >= 15 is 0 Å². The molecule has 1 fully saturated rings. The molecule has 1 aromatic carbocycles. The highest BCUT2D eigenvalue weighted by Crippen LogP contribution is 2.32. The van der Waals surface area contributed by atoms with Crippen LogP contribution in [0, 0.1) is 26.2 Å². The van der Waals surface area contributed by atoms with E-state index in [-0.39, 0.29) is 11.9 Å². The molecule has 24 heavy (non-hydrogen) atoms. The van der Waals surface area contributed by atoms with Gasteiger partial charge in [0.05, 0.1) is 11.1 Å². The van der Waals surface area contributed by atoms with E-state index in [2.05, 4.69) is 16.2 Å². The average molecular weight is 324 g/mol. The van der Waals surface area contributed by atoms with Crippen molar-refractivity contribution in [3.8, 4) is 12.3 Å². The van der Waals surface area contributed by atoms with E-state index in [9.17, 15) is 9.59 Å². The molecule has 0 unspecified atom stereocenters. The lowest BCUT2D eigenvalue weighted by atomic mass is 10.0. The van der Waals surface area contributed by atoms with Gasteiger partial charge in [0.2, 0.25) is 0 Å². The van der Waals surface area contributed by atoms with Gasteiger partial charge in [0.25, 0.3) is 11.8 Å². The van der Waals surface area contributed by atoms with Crippen LogP contribution in [-0.4, -0.2) is 40.8 Å². The predicted molar refractivity (Wildman–Crippen MR) is 93.7 cm³/mol. The fourth-order valence-corrected chi connectivity index (χ4v) is 3.29. The maximum Gasteiger partial charge on any atom is 0.298 e. The Bertz CT molecular complexity index is 875. The van der Waals surface area contributed by atoms with Crippen molar-refractivity contribution in [1.82, 2.24) is 9.88 Å². The average Bonchev–Trinajstić information content (AvgIpc) is 3.12. The maximum atomic E-state index is 11.7. The van der Waals surface area contributed by atoms with Crippen LogP contribution >= 0.6 is 0 Å². The molecule has 4 N–H and O–H groups in total. The monoisotopic (exact) mass is 324 g/mol. The summed E-state index contributed by atoms with van der Waals surface area (Å²) in [6.07, 6.45) is 6.01. The summed E-state index contributed by atoms with van der Waals surface area (Å²) in [7, 11) is 0. The van der Waals surface area contributed by atoms with Gasteiger partial charge < -0.3 is 20.9 Å². The smallest absolute Gasteiger partial charge is 0.298 e. The van der Waals surface area contributed by atoms with Crippen molar-refractivity contribution in [2.24, 2.45) is 5.73 Å². The van der Waals surface area contributed by atoms with E-state index in [1.54, 1.807) is 11.0 Å². The SMILES string of the molecule is C#CC(=O)N1CC[C@@H](Nc2ccc(C(N)=O)c3[nH]c(C)c(C)c23)C1. The number of nitrogens with two attached hydrogens (primary N) is 1. The van der Waals surface area contributed by atoms with Crippen molar-refractivity contribution in [3.05, 3.63) is 29.0 Å². The molecule has 1 aromatic heterocycles. The van der Waals surface area contributed by atoms with Crippen LogP contribution in [0.1, 0.15) is 28.0 Å².